The SMILES string of the molecule is COCCNCc1csc(-c2cnn(C)c2)n1. The minimum Gasteiger partial charge on any atom is -0.383 e. The molecule has 2 rings (SSSR count). The molecule has 0 saturated carbocycles. The van der Waals surface area contributed by atoms with Crippen molar-refractivity contribution in [2.75, 3.05) is 20.3 Å². The predicted molar refractivity (Wildman–Crippen MR) is 67.9 cm³/mol. The molecule has 0 aromatic carbocycles. The van der Waals surface area contributed by atoms with Crippen LogP contribution < -0.4 is 5.32 Å². The largest absolute Gasteiger partial charge is 0.383 e. The van der Waals surface area contributed by atoms with Crippen molar-refractivity contribution in [3.63, 3.8) is 0 Å². The number of thiazole rings is 1. The summed E-state index contributed by atoms with van der Waals surface area (Å²) < 4.78 is 6.75. The summed E-state index contributed by atoms with van der Waals surface area (Å²) in [5.41, 5.74) is 2.13. The Balaban J connectivity index is 1.92. The van der Waals surface area contributed by atoms with Gasteiger partial charge in [-0.05, 0) is 0 Å². The maximum Gasteiger partial charge on any atom is 0.126 e. The average Bonchev–Trinajstić information content (AvgIpc) is 2.93. The molecule has 2 aromatic rings. The number of aromatic nitrogens is 3. The monoisotopic (exact) mass is 252 g/mol. The highest BCUT2D eigenvalue weighted by Crippen LogP contribution is 2.22. The zero-order chi connectivity index (χ0) is 12.1. The normalized spacial score (nSPS) is 10.9. The summed E-state index contributed by atoms with van der Waals surface area (Å²) in [4.78, 5) is 4.55. The van der Waals surface area contributed by atoms with Gasteiger partial charge in [0, 0.05) is 44.4 Å². The molecule has 0 saturated heterocycles. The van der Waals surface area contributed by atoms with Gasteiger partial charge in [-0.15, -0.1) is 11.3 Å². The van der Waals surface area contributed by atoms with E-state index in [1.807, 2.05) is 19.4 Å². The predicted octanol–water partition coefficient (Wildman–Crippen LogP) is 1.28. The number of aryl methyl sites for hydroxylation is 1. The number of hydrogen-bond acceptors (Lipinski definition) is 5. The molecule has 0 amide bonds. The van der Waals surface area contributed by atoms with Crippen molar-refractivity contribution >= 4 is 11.3 Å². The van der Waals surface area contributed by atoms with Crippen molar-refractivity contribution in [1.29, 1.82) is 0 Å². The second kappa shape index (κ2) is 5.90. The molecule has 2 heterocycles. The minimum absolute atomic E-state index is 0.722. The van der Waals surface area contributed by atoms with Crippen LogP contribution >= 0.6 is 11.3 Å². The Morgan fingerprint density at radius 3 is 3.12 bits per heavy atom. The van der Waals surface area contributed by atoms with E-state index in [0.29, 0.717) is 0 Å². The van der Waals surface area contributed by atoms with Gasteiger partial charge in [0.1, 0.15) is 5.01 Å². The Morgan fingerprint density at radius 2 is 2.41 bits per heavy atom. The highest BCUT2D eigenvalue weighted by Gasteiger charge is 2.05. The number of methoxy groups -OCH3 is 1. The average molecular weight is 252 g/mol. The lowest BCUT2D eigenvalue weighted by molar-refractivity contribution is 0.199. The van der Waals surface area contributed by atoms with Crippen molar-refractivity contribution in [3.8, 4) is 10.6 Å². The molecule has 92 valence electrons. The van der Waals surface area contributed by atoms with Gasteiger partial charge >= 0.3 is 0 Å². The molecule has 0 radical (unpaired) electrons. The lowest BCUT2D eigenvalue weighted by atomic mass is 10.4. The van der Waals surface area contributed by atoms with Crippen LogP contribution in [-0.4, -0.2) is 35.0 Å². The first-order valence-electron chi connectivity index (χ1n) is 5.42. The fourth-order valence-electron chi connectivity index (χ4n) is 1.44. The number of nitrogens with zero attached hydrogens (tertiary/aromatic N) is 3. The zero-order valence-corrected chi connectivity index (χ0v) is 10.8. The first-order chi connectivity index (χ1) is 8.29. The van der Waals surface area contributed by atoms with Gasteiger partial charge in [0.05, 0.1) is 18.5 Å². The second-order valence-corrected chi connectivity index (χ2v) is 4.57. The molecule has 0 fully saturated rings. The Morgan fingerprint density at radius 1 is 1.53 bits per heavy atom. The van der Waals surface area contributed by atoms with Crippen LogP contribution in [0.1, 0.15) is 5.69 Å². The standard InChI is InChI=1S/C11H16N4OS/c1-15-7-9(5-13-15)11-14-10(8-17-11)6-12-3-4-16-2/h5,7-8,12H,3-4,6H2,1-2H3. The van der Waals surface area contributed by atoms with Crippen molar-refractivity contribution in [2.45, 2.75) is 6.54 Å². The third-order valence-electron chi connectivity index (χ3n) is 2.29. The molecule has 17 heavy (non-hydrogen) atoms. The van der Waals surface area contributed by atoms with Crippen LogP contribution in [-0.2, 0) is 18.3 Å². The lowest BCUT2D eigenvalue weighted by Gasteiger charge is -2.00. The van der Waals surface area contributed by atoms with E-state index in [4.69, 9.17) is 4.74 Å². The van der Waals surface area contributed by atoms with E-state index < -0.39 is 0 Å². The van der Waals surface area contributed by atoms with Gasteiger partial charge < -0.3 is 10.1 Å². The van der Waals surface area contributed by atoms with Crippen LogP contribution in [0.15, 0.2) is 17.8 Å². The lowest BCUT2D eigenvalue weighted by Crippen LogP contribution is -2.18. The second-order valence-electron chi connectivity index (χ2n) is 3.72. The molecule has 5 nitrogen and oxygen atoms in total. The fourth-order valence-corrected chi connectivity index (χ4v) is 2.24. The van der Waals surface area contributed by atoms with Gasteiger partial charge in [0.2, 0.25) is 0 Å². The van der Waals surface area contributed by atoms with Crippen molar-refractivity contribution in [1.82, 2.24) is 20.1 Å². The van der Waals surface area contributed by atoms with E-state index in [1.165, 1.54) is 0 Å². The van der Waals surface area contributed by atoms with Gasteiger partial charge in [-0.25, -0.2) is 4.98 Å². The third kappa shape index (κ3) is 3.36. The first kappa shape index (κ1) is 12.2. The zero-order valence-electron chi connectivity index (χ0n) is 10.0. The van der Waals surface area contributed by atoms with Gasteiger partial charge in [-0.2, -0.15) is 5.10 Å². The molecule has 0 aliphatic carbocycles. The fraction of sp³-hybridized carbons (Fsp3) is 0.455. The maximum absolute atomic E-state index is 4.97. The highest BCUT2D eigenvalue weighted by molar-refractivity contribution is 7.13. The Bertz CT molecular complexity index is 465. The summed E-state index contributed by atoms with van der Waals surface area (Å²) in [5.74, 6) is 0. The van der Waals surface area contributed by atoms with Crippen molar-refractivity contribution in [2.24, 2.45) is 7.05 Å². The minimum atomic E-state index is 0.722. The molecule has 1 N–H and O–H groups in total. The van der Waals surface area contributed by atoms with Crippen molar-refractivity contribution < 1.29 is 4.74 Å². The first-order valence-corrected chi connectivity index (χ1v) is 6.30. The Hall–Kier alpha value is -1.24. The van der Waals surface area contributed by atoms with E-state index in [0.717, 1.165) is 36.0 Å². The molecule has 0 bridgehead atoms. The van der Waals surface area contributed by atoms with Crippen LogP contribution in [0.2, 0.25) is 0 Å². The molecule has 0 aliphatic heterocycles. The van der Waals surface area contributed by atoms with E-state index in [9.17, 15) is 0 Å². The van der Waals surface area contributed by atoms with E-state index in [2.05, 4.69) is 20.8 Å². The molecular weight excluding hydrogens is 236 g/mol. The smallest absolute Gasteiger partial charge is 0.126 e. The highest BCUT2D eigenvalue weighted by atomic mass is 32.1. The van der Waals surface area contributed by atoms with Gasteiger partial charge in [-0.3, -0.25) is 4.68 Å². The van der Waals surface area contributed by atoms with Crippen LogP contribution in [0, 0.1) is 0 Å². The summed E-state index contributed by atoms with van der Waals surface area (Å²) in [6.07, 6.45) is 3.81. The van der Waals surface area contributed by atoms with Crippen LogP contribution in [0.25, 0.3) is 10.6 Å². The van der Waals surface area contributed by atoms with E-state index in [-0.39, 0.29) is 0 Å². The quantitative estimate of drug-likeness (QED) is 0.787. The molecule has 0 aliphatic rings. The molecule has 2 aromatic heterocycles. The summed E-state index contributed by atoms with van der Waals surface area (Å²) in [6.45, 7) is 2.34. The van der Waals surface area contributed by atoms with E-state index in [1.54, 1.807) is 23.1 Å². The molecule has 6 heteroatoms. The third-order valence-corrected chi connectivity index (χ3v) is 3.23. The van der Waals surface area contributed by atoms with Gasteiger partial charge in [-0.1, -0.05) is 0 Å². The molecule has 0 atom stereocenters. The number of nitrogens with one attached hydrogen (secondary N) is 1. The topological polar surface area (TPSA) is 52.0 Å². The summed E-state index contributed by atoms with van der Waals surface area (Å²) in [5, 5.41) is 10.5. The number of ether oxygens (including phenoxy) is 1. The molecule has 0 spiro atoms. The molecule has 0 unspecified atom stereocenters. The van der Waals surface area contributed by atoms with Crippen LogP contribution in [0.4, 0.5) is 0 Å². The Labute approximate surface area is 104 Å². The summed E-state index contributed by atoms with van der Waals surface area (Å²) >= 11 is 1.64. The van der Waals surface area contributed by atoms with Gasteiger partial charge in [0.15, 0.2) is 0 Å². The number of hydrogen-bond donors (Lipinski definition) is 1. The Kier molecular flexibility index (Phi) is 4.24. The molecular formula is C11H16N4OS. The number of rotatable bonds is 6. The summed E-state index contributed by atoms with van der Waals surface area (Å²) in [7, 11) is 3.61. The summed E-state index contributed by atoms with van der Waals surface area (Å²) in [6, 6.07) is 0. The van der Waals surface area contributed by atoms with Crippen LogP contribution in [0.3, 0.4) is 0 Å². The van der Waals surface area contributed by atoms with E-state index >= 15 is 0 Å². The van der Waals surface area contributed by atoms with Crippen molar-refractivity contribution in [3.05, 3.63) is 23.5 Å². The van der Waals surface area contributed by atoms with Gasteiger partial charge in [0.25, 0.3) is 0 Å². The maximum atomic E-state index is 4.97. The van der Waals surface area contributed by atoms with Crippen LogP contribution in [0.5, 0.6) is 0 Å².